The van der Waals surface area contributed by atoms with Crippen molar-refractivity contribution in [2.24, 2.45) is 7.05 Å². The van der Waals surface area contributed by atoms with Crippen LogP contribution in [0.2, 0.25) is 0 Å². The Bertz CT molecular complexity index is 322. The largest absolute Gasteiger partial charge is 0.379 e. The van der Waals surface area contributed by atoms with E-state index in [-0.39, 0.29) is 11.7 Å². The second kappa shape index (κ2) is 2.75. The summed E-state index contributed by atoms with van der Waals surface area (Å²) in [4.78, 5) is 14.9. The van der Waals surface area contributed by atoms with Gasteiger partial charge in [0, 0.05) is 13.7 Å². The van der Waals surface area contributed by atoms with Gasteiger partial charge in [0.05, 0.1) is 12.6 Å². The van der Waals surface area contributed by atoms with Crippen LogP contribution < -0.4 is 5.69 Å². The Balaban J connectivity index is 2.37. The topological polar surface area (TPSA) is 49.0 Å². The van der Waals surface area contributed by atoms with E-state index in [9.17, 15) is 4.79 Å². The summed E-state index contributed by atoms with van der Waals surface area (Å²) in [6.45, 7) is 1.36. The molecule has 2 rings (SSSR count). The molecule has 0 amide bonds. The third-order valence-corrected chi connectivity index (χ3v) is 2.12. The van der Waals surface area contributed by atoms with E-state index in [1.807, 2.05) is 7.05 Å². The first-order chi connectivity index (χ1) is 5.79. The van der Waals surface area contributed by atoms with Crippen molar-refractivity contribution >= 4 is 0 Å². The fourth-order valence-corrected chi connectivity index (χ4v) is 1.51. The van der Waals surface area contributed by atoms with Gasteiger partial charge in [0.15, 0.2) is 0 Å². The molecule has 1 aliphatic rings. The lowest BCUT2D eigenvalue weighted by Gasteiger charge is -2.10. The van der Waals surface area contributed by atoms with Gasteiger partial charge in [-0.15, -0.1) is 0 Å². The van der Waals surface area contributed by atoms with E-state index < -0.39 is 0 Å². The molecule has 0 bridgehead atoms. The van der Waals surface area contributed by atoms with E-state index in [2.05, 4.69) is 4.98 Å². The average molecular weight is 169 g/mol. The average Bonchev–Trinajstić information content (AvgIpc) is 2.61. The van der Waals surface area contributed by atoms with Gasteiger partial charge in [0.1, 0.15) is 6.33 Å². The van der Waals surface area contributed by atoms with Gasteiger partial charge in [0.2, 0.25) is 0 Å². The van der Waals surface area contributed by atoms with Crippen molar-refractivity contribution in [1.82, 2.24) is 14.3 Å². The zero-order valence-corrected chi connectivity index (χ0v) is 6.93. The van der Waals surface area contributed by atoms with Gasteiger partial charge in [-0.1, -0.05) is 0 Å². The molecule has 0 aromatic carbocycles. The van der Waals surface area contributed by atoms with E-state index in [0.29, 0.717) is 6.61 Å². The predicted molar refractivity (Wildman–Crippen MR) is 41.9 cm³/mol. The molecule has 5 heteroatoms. The van der Waals surface area contributed by atoms with Crippen molar-refractivity contribution < 1.29 is 4.74 Å². The molecule has 0 spiro atoms. The molecule has 0 N–H and O–H groups in total. The molecule has 1 aromatic heterocycles. The lowest BCUT2D eigenvalue weighted by atomic mass is 10.3. The highest BCUT2D eigenvalue weighted by Crippen LogP contribution is 2.15. The molecule has 1 aliphatic heterocycles. The van der Waals surface area contributed by atoms with Crippen molar-refractivity contribution in [2.75, 3.05) is 13.2 Å². The lowest BCUT2D eigenvalue weighted by molar-refractivity contribution is 0.181. The summed E-state index contributed by atoms with van der Waals surface area (Å²) in [7, 11) is 1.81. The predicted octanol–water partition coefficient (Wildman–Crippen LogP) is -0.457. The zero-order valence-electron chi connectivity index (χ0n) is 6.93. The van der Waals surface area contributed by atoms with E-state index >= 15 is 0 Å². The van der Waals surface area contributed by atoms with Gasteiger partial charge in [-0.3, -0.25) is 4.68 Å². The summed E-state index contributed by atoms with van der Waals surface area (Å²) < 4.78 is 8.53. The number of ether oxygens (including phenoxy) is 1. The first-order valence-corrected chi connectivity index (χ1v) is 3.97. The van der Waals surface area contributed by atoms with Crippen molar-refractivity contribution in [3.63, 3.8) is 0 Å². The number of hydrogen-bond acceptors (Lipinski definition) is 3. The minimum Gasteiger partial charge on any atom is -0.379 e. The van der Waals surface area contributed by atoms with Crippen LogP contribution in [0.1, 0.15) is 12.5 Å². The van der Waals surface area contributed by atoms with Gasteiger partial charge >= 0.3 is 5.69 Å². The molecule has 12 heavy (non-hydrogen) atoms. The minimum atomic E-state index is -0.187. The van der Waals surface area contributed by atoms with Crippen LogP contribution in [-0.4, -0.2) is 27.6 Å². The molecular weight excluding hydrogens is 158 g/mol. The Morgan fingerprint density at radius 3 is 3.08 bits per heavy atom. The van der Waals surface area contributed by atoms with Gasteiger partial charge in [-0.2, -0.15) is 4.98 Å². The van der Waals surface area contributed by atoms with Crippen LogP contribution >= 0.6 is 0 Å². The van der Waals surface area contributed by atoms with Gasteiger partial charge in [0.25, 0.3) is 0 Å². The highest BCUT2D eigenvalue weighted by molar-refractivity contribution is 4.75. The standard InChI is InChI=1S/C7H11N3O2/c1-9-5-8-7(11)10(9)6-2-3-12-4-6/h5-6H,2-4H2,1H3. The van der Waals surface area contributed by atoms with Gasteiger partial charge in [-0.05, 0) is 6.42 Å². The third kappa shape index (κ3) is 1.06. The number of aryl methyl sites for hydroxylation is 1. The van der Waals surface area contributed by atoms with Crippen LogP contribution in [-0.2, 0) is 11.8 Å². The Morgan fingerprint density at radius 1 is 1.75 bits per heavy atom. The van der Waals surface area contributed by atoms with Gasteiger partial charge in [-0.25, -0.2) is 9.48 Å². The first-order valence-electron chi connectivity index (χ1n) is 3.97. The monoisotopic (exact) mass is 169 g/mol. The molecule has 1 aromatic rings. The summed E-state index contributed by atoms with van der Waals surface area (Å²) in [6, 6.07) is 0.171. The van der Waals surface area contributed by atoms with Crippen LogP contribution in [0.4, 0.5) is 0 Å². The fourth-order valence-electron chi connectivity index (χ4n) is 1.51. The molecule has 0 aliphatic carbocycles. The Kier molecular flexibility index (Phi) is 1.73. The van der Waals surface area contributed by atoms with Crippen LogP contribution in [0.3, 0.4) is 0 Å². The fraction of sp³-hybridized carbons (Fsp3) is 0.714. The molecule has 1 saturated heterocycles. The van der Waals surface area contributed by atoms with E-state index in [0.717, 1.165) is 13.0 Å². The molecule has 0 radical (unpaired) electrons. The Hall–Kier alpha value is -1.10. The maximum absolute atomic E-state index is 11.2. The Labute approximate surface area is 69.6 Å². The third-order valence-electron chi connectivity index (χ3n) is 2.12. The smallest absolute Gasteiger partial charge is 0.364 e. The highest BCUT2D eigenvalue weighted by Gasteiger charge is 2.20. The normalized spacial score (nSPS) is 23.2. The summed E-state index contributed by atoms with van der Waals surface area (Å²) in [5, 5.41) is 0. The lowest BCUT2D eigenvalue weighted by Crippen LogP contribution is -2.27. The number of rotatable bonds is 1. The minimum absolute atomic E-state index is 0.171. The second-order valence-electron chi connectivity index (χ2n) is 2.96. The maximum Gasteiger partial charge on any atom is 0.364 e. The number of hydrogen-bond donors (Lipinski definition) is 0. The van der Waals surface area contributed by atoms with Crippen molar-refractivity contribution in [1.29, 1.82) is 0 Å². The van der Waals surface area contributed by atoms with Crippen molar-refractivity contribution in [3.8, 4) is 0 Å². The van der Waals surface area contributed by atoms with E-state index in [1.54, 1.807) is 9.36 Å². The maximum atomic E-state index is 11.2. The number of nitrogens with zero attached hydrogens (tertiary/aromatic N) is 3. The van der Waals surface area contributed by atoms with Crippen molar-refractivity contribution in [3.05, 3.63) is 16.8 Å². The second-order valence-corrected chi connectivity index (χ2v) is 2.96. The molecule has 2 heterocycles. The quantitative estimate of drug-likeness (QED) is 0.571. The van der Waals surface area contributed by atoms with E-state index in [4.69, 9.17) is 4.74 Å². The first kappa shape index (κ1) is 7.54. The summed E-state index contributed by atoms with van der Waals surface area (Å²) in [6.07, 6.45) is 2.43. The summed E-state index contributed by atoms with van der Waals surface area (Å²) >= 11 is 0. The summed E-state index contributed by atoms with van der Waals surface area (Å²) in [5.41, 5.74) is -0.187. The van der Waals surface area contributed by atoms with Crippen molar-refractivity contribution in [2.45, 2.75) is 12.5 Å². The van der Waals surface area contributed by atoms with Gasteiger partial charge < -0.3 is 4.74 Å². The summed E-state index contributed by atoms with van der Waals surface area (Å²) in [5.74, 6) is 0. The molecule has 1 fully saturated rings. The SMILES string of the molecule is Cn1cnc(=O)n1C1CCOC1. The molecule has 1 unspecified atom stereocenters. The van der Waals surface area contributed by atoms with Crippen LogP contribution in [0.5, 0.6) is 0 Å². The van der Waals surface area contributed by atoms with E-state index in [1.165, 1.54) is 6.33 Å². The van der Waals surface area contributed by atoms with Crippen LogP contribution in [0.15, 0.2) is 11.1 Å². The molecular formula is C7H11N3O2. The molecule has 0 saturated carbocycles. The van der Waals surface area contributed by atoms with Crippen LogP contribution in [0.25, 0.3) is 0 Å². The highest BCUT2D eigenvalue weighted by atomic mass is 16.5. The molecule has 66 valence electrons. The van der Waals surface area contributed by atoms with Crippen LogP contribution in [0, 0.1) is 0 Å². The molecule has 5 nitrogen and oxygen atoms in total. The zero-order chi connectivity index (χ0) is 8.55. The number of aromatic nitrogens is 3. The molecule has 1 atom stereocenters. The Morgan fingerprint density at radius 2 is 2.58 bits per heavy atom.